The molecule has 0 heterocycles. The predicted octanol–water partition coefficient (Wildman–Crippen LogP) is 3.45. The molecule has 1 amide bonds. The van der Waals surface area contributed by atoms with E-state index < -0.39 is 12.1 Å². The summed E-state index contributed by atoms with van der Waals surface area (Å²) >= 11 is 0. The Bertz CT molecular complexity index is 494. The van der Waals surface area contributed by atoms with Crippen molar-refractivity contribution >= 4 is 12.1 Å². The van der Waals surface area contributed by atoms with Crippen LogP contribution in [0.4, 0.5) is 4.79 Å². The zero-order chi connectivity index (χ0) is 15.7. The average Bonchev–Trinajstić information content (AvgIpc) is 2.45. The van der Waals surface area contributed by atoms with Crippen LogP contribution in [0, 0.1) is 0 Å². The number of nitrogens with one attached hydrogen (secondary N) is 1. The molecule has 5 heteroatoms. The van der Waals surface area contributed by atoms with E-state index in [1.165, 1.54) is 0 Å². The first-order valence-corrected chi connectivity index (χ1v) is 6.96. The lowest BCUT2D eigenvalue weighted by molar-refractivity contribution is -0.130. The largest absolute Gasteiger partial charge is 0.423 e. The molecular formula is C16H21NO4. The topological polar surface area (TPSA) is 64.6 Å². The molecule has 0 bridgehead atoms. The van der Waals surface area contributed by atoms with E-state index in [0.717, 1.165) is 19.3 Å². The van der Waals surface area contributed by atoms with Crippen molar-refractivity contribution in [1.82, 2.24) is 5.32 Å². The summed E-state index contributed by atoms with van der Waals surface area (Å²) in [5.41, 5.74) is 0.321. The Morgan fingerprint density at radius 1 is 1.10 bits per heavy atom. The molecule has 0 fully saturated rings. The summed E-state index contributed by atoms with van der Waals surface area (Å²) in [5, 5.41) is 2.67. The first-order valence-electron chi connectivity index (χ1n) is 6.96. The van der Waals surface area contributed by atoms with Crippen LogP contribution in [0.15, 0.2) is 36.4 Å². The molecule has 0 aliphatic carbocycles. The number of benzene rings is 1. The fraction of sp³-hybridized carbons (Fsp3) is 0.375. The Hall–Kier alpha value is -2.30. The van der Waals surface area contributed by atoms with Crippen LogP contribution in [0.1, 0.15) is 33.1 Å². The van der Waals surface area contributed by atoms with Crippen molar-refractivity contribution in [2.24, 2.45) is 0 Å². The highest BCUT2D eigenvalue weighted by Gasteiger charge is 2.07. The smallest absolute Gasteiger partial charge is 0.412 e. The summed E-state index contributed by atoms with van der Waals surface area (Å²) in [6.07, 6.45) is 2.61. The van der Waals surface area contributed by atoms with Crippen molar-refractivity contribution in [3.63, 3.8) is 0 Å². The number of esters is 1. The number of ether oxygens (including phenoxy) is 2. The summed E-state index contributed by atoms with van der Waals surface area (Å²) in [7, 11) is 0. The Morgan fingerprint density at radius 3 is 2.19 bits per heavy atom. The highest BCUT2D eigenvalue weighted by Crippen LogP contribution is 2.18. The summed E-state index contributed by atoms with van der Waals surface area (Å²) < 4.78 is 10.1. The predicted molar refractivity (Wildman–Crippen MR) is 80.4 cm³/mol. The van der Waals surface area contributed by atoms with Crippen LogP contribution in [0.25, 0.3) is 0 Å². The molecular weight excluding hydrogens is 270 g/mol. The fourth-order valence-electron chi connectivity index (χ4n) is 1.48. The fourth-order valence-corrected chi connectivity index (χ4v) is 1.48. The number of unbranched alkanes of at least 4 members (excludes halogenated alkanes) is 2. The molecule has 0 spiro atoms. The summed E-state index contributed by atoms with van der Waals surface area (Å²) in [6.45, 7) is 7.77. The van der Waals surface area contributed by atoms with E-state index in [9.17, 15) is 9.59 Å². The van der Waals surface area contributed by atoms with Gasteiger partial charge in [-0.1, -0.05) is 26.3 Å². The SMILES string of the molecule is C=C(C)C(=O)Oc1ccc(OC(=O)NCCCCC)cc1. The molecule has 5 nitrogen and oxygen atoms in total. The van der Waals surface area contributed by atoms with Gasteiger partial charge in [0.25, 0.3) is 0 Å². The molecule has 0 aliphatic heterocycles. The van der Waals surface area contributed by atoms with Crippen LogP contribution in [0.5, 0.6) is 11.5 Å². The van der Waals surface area contributed by atoms with E-state index >= 15 is 0 Å². The van der Waals surface area contributed by atoms with E-state index in [1.54, 1.807) is 31.2 Å². The van der Waals surface area contributed by atoms with Gasteiger partial charge in [0.2, 0.25) is 0 Å². The van der Waals surface area contributed by atoms with Crippen molar-refractivity contribution in [3.05, 3.63) is 36.4 Å². The molecule has 0 saturated heterocycles. The van der Waals surface area contributed by atoms with E-state index in [2.05, 4.69) is 18.8 Å². The second kappa shape index (κ2) is 8.79. The van der Waals surface area contributed by atoms with Gasteiger partial charge in [-0.25, -0.2) is 9.59 Å². The van der Waals surface area contributed by atoms with Gasteiger partial charge in [0.15, 0.2) is 0 Å². The molecule has 1 N–H and O–H groups in total. The number of rotatable bonds is 7. The van der Waals surface area contributed by atoms with E-state index in [-0.39, 0.29) is 0 Å². The van der Waals surface area contributed by atoms with Gasteiger partial charge in [0, 0.05) is 12.1 Å². The number of carbonyl (C=O) groups is 2. The van der Waals surface area contributed by atoms with Crippen molar-refractivity contribution < 1.29 is 19.1 Å². The third-order valence-electron chi connectivity index (χ3n) is 2.64. The number of hydrogen-bond donors (Lipinski definition) is 1. The average molecular weight is 291 g/mol. The minimum absolute atomic E-state index is 0.321. The van der Waals surface area contributed by atoms with Crippen LogP contribution in [0.2, 0.25) is 0 Å². The summed E-state index contributed by atoms with van der Waals surface area (Å²) in [4.78, 5) is 22.8. The minimum Gasteiger partial charge on any atom is -0.423 e. The standard InChI is InChI=1S/C16H21NO4/c1-4-5-6-11-17-16(19)21-14-9-7-13(8-10-14)20-15(18)12(2)3/h7-10H,2,4-6,11H2,1,3H3,(H,17,19). The lowest BCUT2D eigenvalue weighted by Crippen LogP contribution is -2.27. The summed E-state index contributed by atoms with van der Waals surface area (Å²) in [6, 6.07) is 6.24. The molecule has 1 rings (SSSR count). The molecule has 0 saturated carbocycles. The first-order chi connectivity index (χ1) is 10.0. The van der Waals surface area contributed by atoms with Gasteiger partial charge in [0.1, 0.15) is 11.5 Å². The van der Waals surface area contributed by atoms with Gasteiger partial charge < -0.3 is 14.8 Å². The Kier molecular flexibility index (Phi) is 7.01. The lowest BCUT2D eigenvalue weighted by Gasteiger charge is -2.07. The van der Waals surface area contributed by atoms with Crippen LogP contribution in [0.3, 0.4) is 0 Å². The lowest BCUT2D eigenvalue weighted by atomic mass is 10.2. The third-order valence-corrected chi connectivity index (χ3v) is 2.64. The van der Waals surface area contributed by atoms with Crippen LogP contribution >= 0.6 is 0 Å². The molecule has 0 aromatic heterocycles. The first kappa shape index (κ1) is 16.8. The maximum absolute atomic E-state index is 11.5. The highest BCUT2D eigenvalue weighted by atomic mass is 16.6. The molecule has 21 heavy (non-hydrogen) atoms. The van der Waals surface area contributed by atoms with Crippen molar-refractivity contribution in [2.45, 2.75) is 33.1 Å². The monoisotopic (exact) mass is 291 g/mol. The molecule has 0 unspecified atom stereocenters. The number of hydrogen-bond acceptors (Lipinski definition) is 4. The van der Waals surface area contributed by atoms with Gasteiger partial charge in [-0.05, 0) is 37.6 Å². The summed E-state index contributed by atoms with van der Waals surface area (Å²) in [5.74, 6) is 0.272. The Morgan fingerprint density at radius 2 is 1.67 bits per heavy atom. The molecule has 1 aromatic rings. The van der Waals surface area contributed by atoms with Gasteiger partial charge in [-0.3, -0.25) is 0 Å². The second-order valence-electron chi connectivity index (χ2n) is 4.66. The van der Waals surface area contributed by atoms with Gasteiger partial charge in [-0.2, -0.15) is 0 Å². The number of carbonyl (C=O) groups excluding carboxylic acids is 2. The minimum atomic E-state index is -0.489. The maximum atomic E-state index is 11.5. The van der Waals surface area contributed by atoms with E-state index in [4.69, 9.17) is 9.47 Å². The molecule has 1 aromatic carbocycles. The van der Waals surface area contributed by atoms with E-state index in [1.807, 2.05) is 0 Å². The Balaban J connectivity index is 2.41. The molecule has 0 radical (unpaired) electrons. The maximum Gasteiger partial charge on any atom is 0.412 e. The zero-order valence-corrected chi connectivity index (χ0v) is 12.5. The van der Waals surface area contributed by atoms with Crippen LogP contribution in [-0.4, -0.2) is 18.6 Å². The molecule has 0 atom stereocenters. The Labute approximate surface area is 124 Å². The van der Waals surface area contributed by atoms with Crippen LogP contribution in [-0.2, 0) is 4.79 Å². The second-order valence-corrected chi connectivity index (χ2v) is 4.66. The van der Waals surface area contributed by atoms with Crippen LogP contribution < -0.4 is 14.8 Å². The van der Waals surface area contributed by atoms with Gasteiger partial charge in [0.05, 0.1) is 0 Å². The van der Waals surface area contributed by atoms with Crippen molar-refractivity contribution in [1.29, 1.82) is 0 Å². The highest BCUT2D eigenvalue weighted by molar-refractivity contribution is 5.88. The van der Waals surface area contributed by atoms with Gasteiger partial charge in [-0.15, -0.1) is 0 Å². The number of amides is 1. The quantitative estimate of drug-likeness (QED) is 0.362. The van der Waals surface area contributed by atoms with Crippen molar-refractivity contribution in [2.75, 3.05) is 6.54 Å². The zero-order valence-electron chi connectivity index (χ0n) is 12.5. The van der Waals surface area contributed by atoms with Gasteiger partial charge >= 0.3 is 12.1 Å². The van der Waals surface area contributed by atoms with E-state index in [0.29, 0.717) is 23.6 Å². The normalized spacial score (nSPS) is 9.81. The third kappa shape index (κ3) is 6.61. The molecule has 0 aliphatic rings. The van der Waals surface area contributed by atoms with Crippen molar-refractivity contribution in [3.8, 4) is 11.5 Å². The molecule has 114 valence electrons.